The molecule has 0 saturated heterocycles. The summed E-state index contributed by atoms with van der Waals surface area (Å²) in [5.74, 6) is 0.683. The van der Waals surface area contributed by atoms with Crippen LogP contribution in [0.2, 0.25) is 5.02 Å². The molecule has 122 valence electrons. The Morgan fingerprint density at radius 3 is 2.88 bits per heavy atom. The van der Waals surface area contributed by atoms with Gasteiger partial charge in [0.05, 0.1) is 6.26 Å². The van der Waals surface area contributed by atoms with Crippen LogP contribution in [0.3, 0.4) is 0 Å². The van der Waals surface area contributed by atoms with Gasteiger partial charge in [-0.25, -0.2) is 0 Å². The van der Waals surface area contributed by atoms with Crippen molar-refractivity contribution in [3.8, 4) is 11.5 Å². The number of nitrogens with zero attached hydrogens (tertiary/aromatic N) is 1. The molecule has 3 rings (SSSR count). The Labute approximate surface area is 145 Å². The zero-order valence-corrected chi connectivity index (χ0v) is 13.8. The molecule has 1 N–H and O–H groups in total. The average molecular weight is 341 g/mol. The Morgan fingerprint density at radius 1 is 1.17 bits per heavy atom. The largest absolute Gasteiger partial charge is 0.463 e. The molecular formula is C19H17ClN2O2. The minimum Gasteiger partial charge on any atom is -0.463 e. The molecule has 1 amide bonds. The number of aromatic nitrogens is 1. The van der Waals surface area contributed by atoms with Crippen LogP contribution in [0, 0.1) is 0 Å². The lowest BCUT2D eigenvalue weighted by Crippen LogP contribution is -2.23. The molecular weight excluding hydrogens is 324 g/mol. The molecule has 24 heavy (non-hydrogen) atoms. The van der Waals surface area contributed by atoms with Crippen LogP contribution in [0.1, 0.15) is 17.5 Å². The molecule has 2 aromatic heterocycles. The molecule has 3 aromatic rings. The molecule has 0 atom stereocenters. The van der Waals surface area contributed by atoms with E-state index in [9.17, 15) is 4.79 Å². The molecule has 1 aromatic carbocycles. The smallest absolute Gasteiger partial charge is 0.220 e. The zero-order chi connectivity index (χ0) is 16.8. The minimum absolute atomic E-state index is 0.00998. The van der Waals surface area contributed by atoms with Crippen molar-refractivity contribution in [2.45, 2.75) is 19.4 Å². The van der Waals surface area contributed by atoms with Crippen molar-refractivity contribution in [3.05, 3.63) is 77.1 Å². The monoisotopic (exact) mass is 340 g/mol. The average Bonchev–Trinajstić information content (AvgIpc) is 3.13. The van der Waals surface area contributed by atoms with E-state index in [2.05, 4.69) is 10.3 Å². The van der Waals surface area contributed by atoms with Crippen molar-refractivity contribution in [1.29, 1.82) is 0 Å². The third-order valence-electron chi connectivity index (χ3n) is 3.65. The summed E-state index contributed by atoms with van der Waals surface area (Å²) in [7, 11) is 0. The highest BCUT2D eigenvalue weighted by Gasteiger charge is 2.10. The van der Waals surface area contributed by atoms with Crippen LogP contribution in [-0.2, 0) is 17.8 Å². The lowest BCUT2D eigenvalue weighted by atomic mass is 10.1. The van der Waals surface area contributed by atoms with E-state index < -0.39 is 0 Å². The van der Waals surface area contributed by atoms with E-state index in [1.54, 1.807) is 12.5 Å². The molecule has 0 spiro atoms. The fourth-order valence-electron chi connectivity index (χ4n) is 2.45. The van der Waals surface area contributed by atoms with Crippen molar-refractivity contribution < 1.29 is 9.21 Å². The predicted octanol–water partition coefficient (Wildman–Crippen LogP) is 4.24. The number of hydrogen-bond acceptors (Lipinski definition) is 3. The van der Waals surface area contributed by atoms with Crippen molar-refractivity contribution in [2.24, 2.45) is 0 Å². The van der Waals surface area contributed by atoms with E-state index in [1.807, 2.05) is 48.5 Å². The number of pyridine rings is 1. The summed E-state index contributed by atoms with van der Waals surface area (Å²) in [6.45, 7) is 0.415. The molecule has 0 fully saturated rings. The second kappa shape index (κ2) is 7.79. The van der Waals surface area contributed by atoms with Crippen LogP contribution in [0.5, 0.6) is 0 Å². The molecule has 0 aliphatic rings. The van der Waals surface area contributed by atoms with Crippen molar-refractivity contribution in [1.82, 2.24) is 10.3 Å². The number of nitrogens with one attached hydrogen (secondary N) is 1. The summed E-state index contributed by atoms with van der Waals surface area (Å²) in [4.78, 5) is 16.4. The van der Waals surface area contributed by atoms with Crippen LogP contribution in [0.15, 0.2) is 65.4 Å². The fourth-order valence-corrected chi connectivity index (χ4v) is 2.66. The highest BCUT2D eigenvalue weighted by molar-refractivity contribution is 6.30. The number of halogens is 1. The van der Waals surface area contributed by atoms with Crippen LogP contribution in [-0.4, -0.2) is 10.9 Å². The maximum Gasteiger partial charge on any atom is 0.220 e. The Morgan fingerprint density at radius 2 is 2.08 bits per heavy atom. The molecule has 5 heteroatoms. The quantitative estimate of drug-likeness (QED) is 0.730. The van der Waals surface area contributed by atoms with Gasteiger partial charge in [0, 0.05) is 29.7 Å². The van der Waals surface area contributed by atoms with E-state index in [0.717, 1.165) is 16.8 Å². The SMILES string of the molecule is O=C(CCc1cccc(Cl)c1)NCc1cccnc1-c1ccco1. The van der Waals surface area contributed by atoms with Gasteiger partial charge < -0.3 is 9.73 Å². The fraction of sp³-hybridized carbons (Fsp3) is 0.158. The van der Waals surface area contributed by atoms with E-state index in [1.165, 1.54) is 0 Å². The molecule has 0 radical (unpaired) electrons. The summed E-state index contributed by atoms with van der Waals surface area (Å²) in [6.07, 6.45) is 4.39. The van der Waals surface area contributed by atoms with E-state index >= 15 is 0 Å². The van der Waals surface area contributed by atoms with Gasteiger partial charge in [-0.3, -0.25) is 9.78 Å². The Kier molecular flexibility index (Phi) is 5.29. The van der Waals surface area contributed by atoms with Crippen molar-refractivity contribution in [2.75, 3.05) is 0 Å². The van der Waals surface area contributed by atoms with Gasteiger partial charge in [-0.15, -0.1) is 0 Å². The van der Waals surface area contributed by atoms with Crippen molar-refractivity contribution in [3.63, 3.8) is 0 Å². The zero-order valence-electron chi connectivity index (χ0n) is 13.0. The number of amides is 1. The molecule has 0 bridgehead atoms. The second-order valence-electron chi connectivity index (χ2n) is 5.40. The first kappa shape index (κ1) is 16.3. The summed E-state index contributed by atoms with van der Waals surface area (Å²) >= 11 is 5.95. The molecule has 0 aliphatic heterocycles. The highest BCUT2D eigenvalue weighted by Crippen LogP contribution is 2.21. The molecule has 2 heterocycles. The first-order chi connectivity index (χ1) is 11.7. The molecule has 4 nitrogen and oxygen atoms in total. The van der Waals surface area contributed by atoms with Gasteiger partial charge in [-0.2, -0.15) is 0 Å². The first-order valence-electron chi connectivity index (χ1n) is 7.71. The van der Waals surface area contributed by atoms with Gasteiger partial charge in [0.25, 0.3) is 0 Å². The minimum atomic E-state index is -0.00998. The number of carbonyl (C=O) groups is 1. The van der Waals surface area contributed by atoms with Gasteiger partial charge in [-0.05, 0) is 42.3 Å². The van der Waals surface area contributed by atoms with Gasteiger partial charge in [-0.1, -0.05) is 29.8 Å². The van der Waals surface area contributed by atoms with Gasteiger partial charge >= 0.3 is 0 Å². The number of rotatable bonds is 6. The number of furan rings is 1. The molecule has 0 saturated carbocycles. The Balaban J connectivity index is 1.57. The van der Waals surface area contributed by atoms with E-state index in [-0.39, 0.29) is 5.91 Å². The predicted molar refractivity (Wildman–Crippen MR) is 93.6 cm³/mol. The molecule has 0 unspecified atom stereocenters. The third-order valence-corrected chi connectivity index (χ3v) is 3.89. The van der Waals surface area contributed by atoms with Gasteiger partial charge in [0.15, 0.2) is 5.76 Å². The Bertz CT molecular complexity index is 816. The van der Waals surface area contributed by atoms with Crippen LogP contribution in [0.25, 0.3) is 11.5 Å². The summed E-state index contributed by atoms with van der Waals surface area (Å²) in [6, 6.07) is 15.0. The van der Waals surface area contributed by atoms with E-state index in [4.69, 9.17) is 16.0 Å². The van der Waals surface area contributed by atoms with Crippen LogP contribution in [0.4, 0.5) is 0 Å². The van der Waals surface area contributed by atoms with Gasteiger partial charge in [0.1, 0.15) is 5.69 Å². The number of benzene rings is 1. The lowest BCUT2D eigenvalue weighted by molar-refractivity contribution is -0.121. The maximum absolute atomic E-state index is 12.1. The van der Waals surface area contributed by atoms with Crippen LogP contribution < -0.4 is 5.32 Å². The summed E-state index contributed by atoms with van der Waals surface area (Å²) < 4.78 is 5.40. The third kappa shape index (κ3) is 4.24. The van der Waals surface area contributed by atoms with Crippen LogP contribution >= 0.6 is 11.6 Å². The molecule has 0 aliphatic carbocycles. The van der Waals surface area contributed by atoms with Gasteiger partial charge in [0.2, 0.25) is 5.91 Å². The number of hydrogen-bond donors (Lipinski definition) is 1. The summed E-state index contributed by atoms with van der Waals surface area (Å²) in [5, 5.41) is 3.62. The second-order valence-corrected chi connectivity index (χ2v) is 5.83. The first-order valence-corrected chi connectivity index (χ1v) is 8.09. The topological polar surface area (TPSA) is 55.1 Å². The Hall–Kier alpha value is -2.59. The normalized spacial score (nSPS) is 10.5. The van der Waals surface area contributed by atoms with Crippen molar-refractivity contribution >= 4 is 17.5 Å². The summed E-state index contributed by atoms with van der Waals surface area (Å²) in [5.41, 5.74) is 2.72. The standard InChI is InChI=1S/C19H17ClN2O2/c20-16-6-1-4-14(12-16)8-9-18(23)22-13-15-5-2-10-21-19(15)17-7-3-11-24-17/h1-7,10-12H,8-9,13H2,(H,22,23). The number of carbonyl (C=O) groups excluding carboxylic acids is 1. The lowest BCUT2D eigenvalue weighted by Gasteiger charge is -2.08. The highest BCUT2D eigenvalue weighted by atomic mass is 35.5. The maximum atomic E-state index is 12.1. The number of aryl methyl sites for hydroxylation is 1. The van der Waals surface area contributed by atoms with E-state index in [0.29, 0.717) is 30.2 Å².